The number of rotatable bonds is 5. The number of nitrogens with zero attached hydrogens (tertiary/aromatic N) is 2. The van der Waals surface area contributed by atoms with Gasteiger partial charge in [-0.3, -0.25) is 0 Å². The minimum absolute atomic E-state index is 1.19. The fourth-order valence-corrected chi connectivity index (χ4v) is 15.1. The predicted octanol–water partition coefficient (Wildman–Crippen LogP) is 10.9. The quantitative estimate of drug-likeness (QED) is 0.156. The van der Waals surface area contributed by atoms with E-state index in [0.29, 0.717) is 0 Å². The molecule has 0 spiro atoms. The average Bonchev–Trinajstić information content (AvgIpc) is 3.81. The Hall–Kier alpha value is -7.20. The third-order valence-electron chi connectivity index (χ3n) is 12.4. The summed E-state index contributed by atoms with van der Waals surface area (Å²) in [6.07, 6.45) is 0. The number of benzene rings is 9. The highest BCUT2D eigenvalue weighted by molar-refractivity contribution is 7.21. The highest BCUT2D eigenvalue weighted by Gasteiger charge is 2.48. The van der Waals surface area contributed by atoms with Crippen LogP contribution in [0, 0.1) is 0 Å². The van der Waals surface area contributed by atoms with E-state index in [-0.39, 0.29) is 0 Å². The van der Waals surface area contributed by atoms with Crippen molar-refractivity contribution in [3.63, 3.8) is 0 Å². The van der Waals surface area contributed by atoms with E-state index in [0.717, 1.165) is 0 Å². The molecule has 1 aliphatic heterocycles. The molecule has 0 bridgehead atoms. The second kappa shape index (κ2) is 12.4. The van der Waals surface area contributed by atoms with Crippen molar-refractivity contribution in [2.45, 2.75) is 0 Å². The van der Waals surface area contributed by atoms with E-state index in [9.17, 15) is 0 Å². The van der Waals surface area contributed by atoms with Gasteiger partial charge in [0.25, 0.3) is 0 Å². The third-order valence-corrected chi connectivity index (χ3v) is 17.2. The minimum atomic E-state index is -3.02. The third kappa shape index (κ3) is 4.58. The predicted molar refractivity (Wildman–Crippen MR) is 243 cm³/mol. The minimum Gasteiger partial charge on any atom is -0.309 e. The van der Waals surface area contributed by atoms with Gasteiger partial charge in [-0.25, -0.2) is 0 Å². The Labute approximate surface area is 332 Å². The molecule has 57 heavy (non-hydrogen) atoms. The molecule has 0 aliphatic carbocycles. The zero-order valence-electron chi connectivity index (χ0n) is 31.2. The first-order chi connectivity index (χ1) is 28.3. The van der Waals surface area contributed by atoms with Crippen molar-refractivity contribution in [1.29, 1.82) is 0 Å². The second-order valence-electron chi connectivity index (χ2n) is 15.3. The van der Waals surface area contributed by atoms with E-state index in [2.05, 4.69) is 228 Å². The van der Waals surface area contributed by atoms with Crippen LogP contribution >= 0.6 is 0 Å². The van der Waals surface area contributed by atoms with E-state index in [1.54, 1.807) is 0 Å². The number of aromatic nitrogens is 2. The monoisotopic (exact) mass is 740 g/mol. The van der Waals surface area contributed by atoms with Gasteiger partial charge >= 0.3 is 0 Å². The van der Waals surface area contributed by atoms with Crippen molar-refractivity contribution in [3.05, 3.63) is 218 Å². The molecule has 1 aliphatic rings. The van der Waals surface area contributed by atoms with E-state index in [1.807, 2.05) is 0 Å². The van der Waals surface area contributed by atoms with Crippen LogP contribution in [0.5, 0.6) is 0 Å². The van der Waals surface area contributed by atoms with Gasteiger partial charge in [-0.05, 0) is 85.5 Å². The molecule has 0 N–H and O–H groups in total. The van der Waals surface area contributed by atoms with Crippen LogP contribution in [0.25, 0.3) is 77.2 Å². The summed E-state index contributed by atoms with van der Waals surface area (Å²) >= 11 is 0. The second-order valence-corrected chi connectivity index (χ2v) is 19.0. The standard InChI is InChI=1S/C54H36N2Si/c1-4-17-37(18-5-1)39-21-16-24-43(33-39)57(42-22-8-3-9-23-42)52-30-15-14-29-51(52)56-50-32-31-40(38-19-6-2-7-20-38)34-46(50)47-35-41(36-53(57)54(47)56)55-48-27-12-10-25-44(48)45-26-11-13-28-49(45)55/h1-36H. The van der Waals surface area contributed by atoms with Gasteiger partial charge in [0.2, 0.25) is 0 Å². The molecule has 12 rings (SSSR count). The van der Waals surface area contributed by atoms with E-state index < -0.39 is 8.07 Å². The smallest absolute Gasteiger partial charge is 0.184 e. The van der Waals surface area contributed by atoms with Gasteiger partial charge in [0.1, 0.15) is 0 Å². The number of para-hydroxylation sites is 3. The van der Waals surface area contributed by atoms with Gasteiger partial charge in [-0.2, -0.15) is 0 Å². The molecule has 0 saturated heterocycles. The van der Waals surface area contributed by atoms with Crippen molar-refractivity contribution >= 4 is 72.4 Å². The first kappa shape index (κ1) is 32.1. The van der Waals surface area contributed by atoms with Gasteiger partial charge in [-0.15, -0.1) is 0 Å². The van der Waals surface area contributed by atoms with Crippen molar-refractivity contribution in [2.24, 2.45) is 0 Å². The molecule has 0 fully saturated rings. The highest BCUT2D eigenvalue weighted by Crippen LogP contribution is 2.40. The molecule has 0 saturated carbocycles. The van der Waals surface area contributed by atoms with E-state index >= 15 is 0 Å². The fraction of sp³-hybridized carbons (Fsp3) is 0. The molecule has 0 amide bonds. The summed E-state index contributed by atoms with van der Waals surface area (Å²) in [6.45, 7) is 0. The maximum Gasteiger partial charge on any atom is 0.184 e. The van der Waals surface area contributed by atoms with Gasteiger partial charge in [0.15, 0.2) is 8.07 Å². The van der Waals surface area contributed by atoms with Crippen LogP contribution in [0.1, 0.15) is 0 Å². The first-order valence-corrected chi connectivity index (χ1v) is 21.8. The van der Waals surface area contributed by atoms with Gasteiger partial charge < -0.3 is 9.13 Å². The first-order valence-electron chi connectivity index (χ1n) is 19.8. The molecule has 2 nitrogen and oxygen atoms in total. The largest absolute Gasteiger partial charge is 0.309 e. The summed E-state index contributed by atoms with van der Waals surface area (Å²) in [4.78, 5) is 0. The molecular weight excluding hydrogens is 705 g/mol. The lowest BCUT2D eigenvalue weighted by atomic mass is 10.0. The highest BCUT2D eigenvalue weighted by atomic mass is 28.3. The summed E-state index contributed by atoms with van der Waals surface area (Å²) in [5.74, 6) is 0. The summed E-state index contributed by atoms with van der Waals surface area (Å²) in [7, 11) is -3.02. The molecule has 1 unspecified atom stereocenters. The Balaban J connectivity index is 1.29. The lowest BCUT2D eigenvalue weighted by molar-refractivity contribution is 1.17. The summed E-state index contributed by atoms with van der Waals surface area (Å²) in [5.41, 5.74) is 12.3. The van der Waals surface area contributed by atoms with Crippen molar-refractivity contribution < 1.29 is 0 Å². The van der Waals surface area contributed by atoms with Crippen LogP contribution in [0.4, 0.5) is 0 Å². The zero-order chi connectivity index (χ0) is 37.5. The SMILES string of the molecule is c1ccc(-c2cccc([Si]3(c4ccccc4)c4ccccc4-n4c5ccc(-c6ccccc6)cc5c5cc(-n6c7ccccc7c7ccccc76)cc3c54)c2)cc1. The molecule has 3 heterocycles. The van der Waals surface area contributed by atoms with E-state index in [1.165, 1.54) is 98.0 Å². The lowest BCUT2D eigenvalue weighted by Crippen LogP contribution is -2.76. The van der Waals surface area contributed by atoms with E-state index in [4.69, 9.17) is 0 Å². The Bertz CT molecular complexity index is 3290. The van der Waals surface area contributed by atoms with Crippen molar-refractivity contribution in [1.82, 2.24) is 9.13 Å². The van der Waals surface area contributed by atoms with Gasteiger partial charge in [0.05, 0.1) is 22.1 Å². The Morgan fingerprint density at radius 3 is 1.54 bits per heavy atom. The molecule has 266 valence electrons. The zero-order valence-corrected chi connectivity index (χ0v) is 32.2. The summed E-state index contributed by atoms with van der Waals surface area (Å²) in [5, 5.41) is 10.6. The van der Waals surface area contributed by atoms with Crippen molar-refractivity contribution in [2.75, 3.05) is 0 Å². The maximum atomic E-state index is 2.58. The Morgan fingerprint density at radius 2 is 0.842 bits per heavy atom. The molecule has 11 aromatic rings. The van der Waals surface area contributed by atoms with Crippen LogP contribution in [-0.4, -0.2) is 17.2 Å². The number of hydrogen-bond donors (Lipinski definition) is 0. The molecule has 3 heteroatoms. The van der Waals surface area contributed by atoms with Crippen LogP contribution < -0.4 is 20.7 Å². The van der Waals surface area contributed by atoms with Gasteiger partial charge in [-0.1, -0.05) is 176 Å². The maximum absolute atomic E-state index is 3.02. The van der Waals surface area contributed by atoms with Gasteiger partial charge in [0, 0.05) is 32.9 Å². The fourth-order valence-electron chi connectivity index (χ4n) is 9.98. The summed E-state index contributed by atoms with van der Waals surface area (Å²) < 4.78 is 5.09. The summed E-state index contributed by atoms with van der Waals surface area (Å²) in [6, 6.07) is 81.7. The van der Waals surface area contributed by atoms with Crippen LogP contribution in [0.2, 0.25) is 0 Å². The topological polar surface area (TPSA) is 9.86 Å². The number of fused-ring (bicyclic) bond motifs is 8. The molecule has 9 aromatic carbocycles. The average molecular weight is 741 g/mol. The van der Waals surface area contributed by atoms with Crippen LogP contribution in [0.3, 0.4) is 0 Å². The van der Waals surface area contributed by atoms with Crippen LogP contribution in [0.15, 0.2) is 218 Å². The normalized spacial score (nSPS) is 14.7. The Kier molecular flexibility index (Phi) is 6.98. The van der Waals surface area contributed by atoms with Crippen LogP contribution in [-0.2, 0) is 0 Å². The molecule has 2 aromatic heterocycles. The molecule has 0 radical (unpaired) electrons. The Morgan fingerprint density at radius 1 is 0.298 bits per heavy atom. The lowest BCUT2D eigenvalue weighted by Gasteiger charge is -2.40. The molecular formula is C54H36N2Si. The van der Waals surface area contributed by atoms with Crippen molar-refractivity contribution in [3.8, 4) is 33.6 Å². The number of hydrogen-bond acceptors (Lipinski definition) is 0. The molecule has 1 atom stereocenters.